The van der Waals surface area contributed by atoms with Gasteiger partial charge in [-0.1, -0.05) is 26.0 Å². The van der Waals surface area contributed by atoms with Crippen molar-refractivity contribution in [2.24, 2.45) is 16.7 Å². The Bertz CT molecular complexity index is 1170. The van der Waals surface area contributed by atoms with Gasteiger partial charge >= 0.3 is 12.1 Å². The predicted molar refractivity (Wildman–Crippen MR) is 119 cm³/mol. The minimum Gasteiger partial charge on any atom is -0.459 e. The van der Waals surface area contributed by atoms with E-state index in [0.717, 1.165) is 41.4 Å². The Labute approximate surface area is 197 Å². The van der Waals surface area contributed by atoms with E-state index in [4.69, 9.17) is 4.74 Å². The topological polar surface area (TPSA) is 80.8 Å². The van der Waals surface area contributed by atoms with Gasteiger partial charge in [-0.25, -0.2) is 17.5 Å². The molecule has 3 fully saturated rings. The van der Waals surface area contributed by atoms with E-state index in [-0.39, 0.29) is 16.7 Å². The number of hydrogen-bond acceptors (Lipinski definition) is 5. The van der Waals surface area contributed by atoms with Crippen molar-refractivity contribution in [3.63, 3.8) is 0 Å². The van der Waals surface area contributed by atoms with E-state index in [1.54, 1.807) is 0 Å². The van der Waals surface area contributed by atoms with Gasteiger partial charge in [0.2, 0.25) is 10.0 Å². The van der Waals surface area contributed by atoms with Crippen molar-refractivity contribution in [1.82, 2.24) is 4.31 Å². The Morgan fingerprint density at radius 3 is 2.50 bits per heavy atom. The highest BCUT2D eigenvalue weighted by molar-refractivity contribution is 7.90. The zero-order chi connectivity index (χ0) is 25.3. The number of hydrogen-bond donors (Lipinski definition) is 0. The molecule has 1 saturated heterocycles. The van der Waals surface area contributed by atoms with Crippen LogP contribution in [0.2, 0.25) is 0 Å². The number of amides is 1. The Morgan fingerprint density at radius 1 is 1.24 bits per heavy atom. The third-order valence-corrected chi connectivity index (χ3v) is 9.90. The van der Waals surface area contributed by atoms with E-state index >= 15 is 0 Å². The highest BCUT2D eigenvalue weighted by Crippen LogP contribution is 2.70. The van der Waals surface area contributed by atoms with Gasteiger partial charge in [-0.05, 0) is 62.1 Å². The van der Waals surface area contributed by atoms with Gasteiger partial charge in [-0.15, -0.1) is 0 Å². The van der Waals surface area contributed by atoms with Crippen molar-refractivity contribution in [3.8, 4) is 0 Å². The largest absolute Gasteiger partial charge is 0.459 e. The van der Waals surface area contributed by atoms with Crippen LogP contribution in [0.5, 0.6) is 0 Å². The van der Waals surface area contributed by atoms with Crippen LogP contribution in [0.25, 0.3) is 6.08 Å². The lowest BCUT2D eigenvalue weighted by molar-refractivity contribution is -0.138. The van der Waals surface area contributed by atoms with Gasteiger partial charge in [-0.3, -0.25) is 4.79 Å². The first kappa shape index (κ1) is 24.8. The summed E-state index contributed by atoms with van der Waals surface area (Å²) in [5, 5.41) is 0. The van der Waals surface area contributed by atoms with Gasteiger partial charge in [-0.2, -0.15) is 13.2 Å². The molecule has 186 valence electrons. The molecule has 1 aromatic carbocycles. The maximum Gasteiger partial charge on any atom is 0.417 e. The summed E-state index contributed by atoms with van der Waals surface area (Å²) in [7, 11) is -3.88. The molecule has 34 heavy (non-hydrogen) atoms. The number of sulfonamides is 1. The summed E-state index contributed by atoms with van der Waals surface area (Å²) in [6, 6.07) is 2.69. The molecule has 1 aromatic rings. The number of alkyl halides is 3. The van der Waals surface area contributed by atoms with Crippen LogP contribution in [0.1, 0.15) is 68.4 Å². The van der Waals surface area contributed by atoms with E-state index in [0.29, 0.717) is 12.3 Å². The fourth-order valence-corrected chi connectivity index (χ4v) is 8.77. The van der Waals surface area contributed by atoms with Crippen LogP contribution in [0.4, 0.5) is 13.2 Å². The summed E-state index contributed by atoms with van der Waals surface area (Å²) in [6.45, 7) is 7.13. The molecule has 1 aliphatic heterocycles. The standard InChI is InChI=1S/C24H28F3NO5S/c1-14(2)33-21(30)20-15(6-5-7-17(20)24(25,26)27)8-9-19(29)28-18-12-16-10-11-23(18,22(16,3)4)13-34(28,31)32/h5-9,14,16,18H,10-13H2,1-4H3. The van der Waals surface area contributed by atoms with Gasteiger partial charge in [0.15, 0.2) is 0 Å². The predicted octanol–water partition coefficient (Wildman–Crippen LogP) is 4.65. The van der Waals surface area contributed by atoms with Crippen molar-refractivity contribution in [2.45, 2.75) is 65.3 Å². The van der Waals surface area contributed by atoms with Gasteiger partial charge in [0.25, 0.3) is 5.91 Å². The highest BCUT2D eigenvalue weighted by Gasteiger charge is 2.72. The molecule has 1 heterocycles. The van der Waals surface area contributed by atoms with Crippen LogP contribution < -0.4 is 0 Å². The number of carbonyl (C=O) groups is 2. The molecule has 0 radical (unpaired) electrons. The number of nitrogens with zero attached hydrogens (tertiary/aromatic N) is 1. The molecule has 2 aliphatic carbocycles. The summed E-state index contributed by atoms with van der Waals surface area (Å²) in [4.78, 5) is 25.6. The second-order valence-electron chi connectivity index (χ2n) is 10.3. The summed E-state index contributed by atoms with van der Waals surface area (Å²) in [5.41, 5.74) is -2.81. The molecule has 2 saturated carbocycles. The van der Waals surface area contributed by atoms with E-state index in [9.17, 15) is 31.2 Å². The number of rotatable bonds is 4. The highest BCUT2D eigenvalue weighted by atomic mass is 32.2. The van der Waals surface area contributed by atoms with Gasteiger partial charge in [0.1, 0.15) is 0 Å². The van der Waals surface area contributed by atoms with Crippen LogP contribution >= 0.6 is 0 Å². The Balaban J connectivity index is 1.70. The maximum absolute atomic E-state index is 13.6. The molecule has 3 aliphatic rings. The molecule has 6 nitrogen and oxygen atoms in total. The van der Waals surface area contributed by atoms with E-state index in [1.807, 2.05) is 0 Å². The lowest BCUT2D eigenvalue weighted by Crippen LogP contribution is -2.43. The fourth-order valence-electron chi connectivity index (χ4n) is 6.26. The molecule has 0 aromatic heterocycles. The first-order chi connectivity index (χ1) is 15.6. The normalized spacial score (nSPS) is 29.1. The number of fused-ring (bicyclic) bond motifs is 1. The smallest absolute Gasteiger partial charge is 0.417 e. The van der Waals surface area contributed by atoms with Gasteiger partial charge < -0.3 is 4.74 Å². The number of carbonyl (C=O) groups excluding carboxylic acids is 2. The molecule has 2 bridgehead atoms. The van der Waals surface area contributed by atoms with Crippen molar-refractivity contribution < 1.29 is 35.9 Å². The molecule has 3 atom stereocenters. The maximum atomic E-state index is 13.6. The SMILES string of the molecule is CC(C)OC(=O)c1c(C=CC(=O)N2C3CC4CCC3(CS2(=O)=O)C4(C)C)cccc1C(F)(F)F. The Morgan fingerprint density at radius 2 is 1.91 bits per heavy atom. The summed E-state index contributed by atoms with van der Waals surface area (Å²) in [6.07, 6.45) is -1.24. The number of esters is 1. The first-order valence-corrected chi connectivity index (χ1v) is 12.9. The minimum atomic E-state index is -4.82. The molecule has 3 unspecified atom stereocenters. The lowest BCUT2D eigenvalue weighted by Gasteiger charge is -2.36. The summed E-state index contributed by atoms with van der Waals surface area (Å²) in [5.74, 6) is -1.78. The third-order valence-electron chi connectivity index (χ3n) is 7.98. The molecule has 1 spiro atoms. The summed E-state index contributed by atoms with van der Waals surface area (Å²) < 4.78 is 72.8. The van der Waals surface area contributed by atoms with E-state index in [1.165, 1.54) is 19.9 Å². The molecule has 1 amide bonds. The Hall–Kier alpha value is -2.36. The number of ether oxygens (including phenoxy) is 1. The van der Waals surface area contributed by atoms with Crippen molar-refractivity contribution in [1.29, 1.82) is 0 Å². The average molecular weight is 500 g/mol. The van der Waals surface area contributed by atoms with E-state index in [2.05, 4.69) is 13.8 Å². The number of benzene rings is 1. The van der Waals surface area contributed by atoms with Crippen LogP contribution in [0.3, 0.4) is 0 Å². The molecule has 10 heteroatoms. The first-order valence-electron chi connectivity index (χ1n) is 11.3. The molecule has 0 N–H and O–H groups in total. The van der Waals surface area contributed by atoms with Crippen LogP contribution in [0.15, 0.2) is 24.3 Å². The monoisotopic (exact) mass is 499 g/mol. The van der Waals surface area contributed by atoms with Crippen LogP contribution in [0, 0.1) is 16.7 Å². The molecule has 4 rings (SSSR count). The van der Waals surface area contributed by atoms with Crippen LogP contribution in [-0.2, 0) is 25.7 Å². The van der Waals surface area contributed by atoms with Crippen molar-refractivity contribution in [2.75, 3.05) is 5.75 Å². The Kier molecular flexibility index (Phi) is 5.70. The lowest BCUT2D eigenvalue weighted by atomic mass is 9.69. The van der Waals surface area contributed by atoms with Crippen LogP contribution in [-0.4, -0.2) is 42.5 Å². The zero-order valence-corrected chi connectivity index (χ0v) is 20.3. The van der Waals surface area contributed by atoms with E-state index < -0.39 is 56.8 Å². The number of halogens is 3. The second kappa shape index (κ2) is 7.83. The molecular weight excluding hydrogens is 471 g/mol. The van der Waals surface area contributed by atoms with Gasteiger partial charge in [0, 0.05) is 11.5 Å². The zero-order valence-electron chi connectivity index (χ0n) is 19.5. The fraction of sp³-hybridized carbons (Fsp3) is 0.583. The summed E-state index contributed by atoms with van der Waals surface area (Å²) >= 11 is 0. The van der Waals surface area contributed by atoms with Gasteiger partial charge in [0.05, 0.1) is 29.0 Å². The van der Waals surface area contributed by atoms with Crippen molar-refractivity contribution >= 4 is 28.0 Å². The quantitative estimate of drug-likeness (QED) is 0.445. The average Bonchev–Trinajstić information content (AvgIpc) is 3.18. The van der Waals surface area contributed by atoms with Crippen molar-refractivity contribution in [3.05, 3.63) is 41.0 Å². The minimum absolute atomic E-state index is 0.108. The molecular formula is C24H28F3NO5S. The third kappa shape index (κ3) is 3.65. The second-order valence-corrected chi connectivity index (χ2v) is 12.2.